The highest BCUT2D eigenvalue weighted by atomic mass is 15.2. The molecule has 5 rings (SSSR count). The number of benzene rings is 1. The molecule has 4 atom stereocenters. The summed E-state index contributed by atoms with van der Waals surface area (Å²) in [6.07, 6.45) is 9.81. The number of piperidine rings is 1. The minimum absolute atomic E-state index is 0.503. The van der Waals surface area contributed by atoms with E-state index < -0.39 is 0 Å². The average molecular weight is 296 g/mol. The van der Waals surface area contributed by atoms with Crippen LogP contribution in [-0.4, -0.2) is 30.1 Å². The van der Waals surface area contributed by atoms with Crippen molar-refractivity contribution in [1.29, 1.82) is 0 Å². The van der Waals surface area contributed by atoms with E-state index in [4.69, 9.17) is 0 Å². The van der Waals surface area contributed by atoms with Crippen LogP contribution in [0.3, 0.4) is 0 Å². The third-order valence-electron chi connectivity index (χ3n) is 7.67. The normalized spacial score (nSPS) is 43.0. The number of fused-ring (bicyclic) bond motifs is 1. The van der Waals surface area contributed by atoms with Gasteiger partial charge in [-0.15, -0.1) is 0 Å². The van der Waals surface area contributed by atoms with E-state index in [0.717, 1.165) is 6.04 Å². The van der Waals surface area contributed by atoms with Crippen molar-refractivity contribution >= 4 is 5.69 Å². The van der Waals surface area contributed by atoms with Crippen LogP contribution in [0.15, 0.2) is 24.3 Å². The second kappa shape index (κ2) is 4.50. The van der Waals surface area contributed by atoms with Gasteiger partial charge in [0.2, 0.25) is 0 Å². The maximum atomic E-state index is 3.97. The van der Waals surface area contributed by atoms with E-state index in [1.54, 1.807) is 5.56 Å². The lowest BCUT2D eigenvalue weighted by molar-refractivity contribution is -0.0660. The summed E-state index contributed by atoms with van der Waals surface area (Å²) in [5.74, 6) is 0. The third-order valence-corrected chi connectivity index (χ3v) is 7.67. The summed E-state index contributed by atoms with van der Waals surface area (Å²) >= 11 is 0. The largest absolute Gasteiger partial charge is 0.381 e. The molecule has 1 aromatic rings. The first-order valence-electron chi connectivity index (χ1n) is 9.36. The van der Waals surface area contributed by atoms with Gasteiger partial charge in [0.25, 0.3) is 0 Å². The Kier molecular flexibility index (Phi) is 2.75. The van der Waals surface area contributed by atoms with Crippen molar-refractivity contribution in [3.8, 4) is 0 Å². The van der Waals surface area contributed by atoms with Crippen LogP contribution >= 0.6 is 0 Å². The summed E-state index contributed by atoms with van der Waals surface area (Å²) in [5, 5.41) is 3.97. The van der Waals surface area contributed by atoms with Gasteiger partial charge in [-0.1, -0.05) is 25.1 Å². The number of hydrogen-bond acceptors (Lipinski definition) is 2. The third kappa shape index (κ3) is 1.55. The van der Waals surface area contributed by atoms with Gasteiger partial charge < -0.3 is 5.32 Å². The highest BCUT2D eigenvalue weighted by molar-refractivity contribution is 5.56. The number of hydrogen-bond donors (Lipinski definition) is 1. The van der Waals surface area contributed by atoms with Crippen molar-refractivity contribution in [3.63, 3.8) is 0 Å². The molecule has 1 aliphatic carbocycles. The highest BCUT2D eigenvalue weighted by Crippen LogP contribution is 2.62. The van der Waals surface area contributed by atoms with Crippen LogP contribution in [0.4, 0.5) is 5.69 Å². The van der Waals surface area contributed by atoms with E-state index >= 15 is 0 Å². The molecule has 3 aliphatic heterocycles. The predicted molar refractivity (Wildman–Crippen MR) is 91.2 cm³/mol. The standard InChI is InChI=1S/C20H28N2/c1-2-19-9-5-12-22-13-11-20(18(19)22)14-15-6-3-4-7-16(15)21-17(20)8-10-19/h3-4,6-7,17-18,21H,2,5,8-14H2,1H3/t17-,18-,19-,20-/m1/s1. The monoisotopic (exact) mass is 296 g/mol. The molecule has 3 heterocycles. The fraction of sp³-hybridized carbons (Fsp3) is 0.700. The first-order valence-corrected chi connectivity index (χ1v) is 9.36. The molecule has 0 aromatic heterocycles. The minimum Gasteiger partial charge on any atom is -0.381 e. The summed E-state index contributed by atoms with van der Waals surface area (Å²) in [5.41, 5.74) is 4.09. The van der Waals surface area contributed by atoms with Crippen molar-refractivity contribution < 1.29 is 0 Å². The lowest BCUT2D eigenvalue weighted by Crippen LogP contribution is -2.64. The Morgan fingerprint density at radius 2 is 2.09 bits per heavy atom. The molecule has 0 bridgehead atoms. The second-order valence-corrected chi connectivity index (χ2v) is 8.31. The van der Waals surface area contributed by atoms with Crippen molar-refractivity contribution in [2.45, 2.75) is 64.0 Å². The van der Waals surface area contributed by atoms with E-state index in [1.807, 2.05) is 0 Å². The molecule has 0 unspecified atom stereocenters. The Morgan fingerprint density at radius 1 is 1.18 bits per heavy atom. The molecule has 2 heteroatoms. The molecule has 0 radical (unpaired) electrons. The molecule has 0 amide bonds. The van der Waals surface area contributed by atoms with Crippen LogP contribution in [0.1, 0.15) is 51.0 Å². The zero-order valence-corrected chi connectivity index (χ0v) is 13.8. The first-order chi connectivity index (χ1) is 10.8. The summed E-state index contributed by atoms with van der Waals surface area (Å²) in [4.78, 5) is 2.88. The molecule has 1 spiro atoms. The molecule has 1 saturated carbocycles. The van der Waals surface area contributed by atoms with E-state index in [1.165, 1.54) is 63.7 Å². The van der Waals surface area contributed by atoms with Crippen LogP contribution in [0.2, 0.25) is 0 Å². The molecular formula is C20H28N2. The molecular weight excluding hydrogens is 268 g/mol. The Labute approximate surface area is 134 Å². The number of anilines is 1. The summed E-state index contributed by atoms with van der Waals surface area (Å²) in [7, 11) is 0. The number of para-hydroxylation sites is 1. The van der Waals surface area contributed by atoms with Gasteiger partial charge in [0.15, 0.2) is 0 Å². The van der Waals surface area contributed by atoms with Crippen molar-refractivity contribution in [3.05, 3.63) is 29.8 Å². The summed E-state index contributed by atoms with van der Waals surface area (Å²) in [6.45, 7) is 5.15. The zero-order chi connectivity index (χ0) is 14.8. The van der Waals surface area contributed by atoms with Crippen LogP contribution in [-0.2, 0) is 6.42 Å². The van der Waals surface area contributed by atoms with Gasteiger partial charge in [0.05, 0.1) is 0 Å². The number of nitrogens with zero attached hydrogens (tertiary/aromatic N) is 1. The average Bonchev–Trinajstić information content (AvgIpc) is 2.94. The van der Waals surface area contributed by atoms with Gasteiger partial charge in [-0.2, -0.15) is 0 Å². The van der Waals surface area contributed by atoms with E-state index in [0.29, 0.717) is 16.9 Å². The van der Waals surface area contributed by atoms with E-state index in [9.17, 15) is 0 Å². The topological polar surface area (TPSA) is 15.3 Å². The van der Waals surface area contributed by atoms with Gasteiger partial charge in [0.1, 0.15) is 0 Å². The smallest absolute Gasteiger partial charge is 0.0375 e. The second-order valence-electron chi connectivity index (χ2n) is 8.31. The molecule has 3 fully saturated rings. The van der Waals surface area contributed by atoms with Gasteiger partial charge in [0, 0.05) is 23.2 Å². The van der Waals surface area contributed by atoms with Crippen molar-refractivity contribution in [2.75, 3.05) is 18.4 Å². The van der Waals surface area contributed by atoms with Crippen LogP contribution in [0.5, 0.6) is 0 Å². The summed E-state index contributed by atoms with van der Waals surface area (Å²) in [6, 6.07) is 10.6. The molecule has 2 saturated heterocycles. The molecule has 22 heavy (non-hydrogen) atoms. The minimum atomic E-state index is 0.503. The van der Waals surface area contributed by atoms with Crippen LogP contribution in [0.25, 0.3) is 0 Å². The number of rotatable bonds is 1. The van der Waals surface area contributed by atoms with E-state index in [2.05, 4.69) is 41.4 Å². The fourth-order valence-electron chi connectivity index (χ4n) is 6.76. The molecule has 2 nitrogen and oxygen atoms in total. The predicted octanol–water partition coefficient (Wildman–Crippen LogP) is 4.07. The Hall–Kier alpha value is -1.02. The van der Waals surface area contributed by atoms with E-state index in [-0.39, 0.29) is 0 Å². The van der Waals surface area contributed by atoms with Gasteiger partial charge >= 0.3 is 0 Å². The Balaban J connectivity index is 1.63. The van der Waals surface area contributed by atoms with Gasteiger partial charge in [-0.3, -0.25) is 4.90 Å². The molecule has 4 aliphatic rings. The lowest BCUT2D eigenvalue weighted by atomic mass is 9.51. The van der Waals surface area contributed by atoms with Gasteiger partial charge in [-0.05, 0) is 75.1 Å². The van der Waals surface area contributed by atoms with Crippen molar-refractivity contribution in [1.82, 2.24) is 4.90 Å². The summed E-state index contributed by atoms with van der Waals surface area (Å²) < 4.78 is 0. The SMILES string of the molecule is CC[C@@]12CCCN3CC[C@]4(Cc5ccccc5N[C@@H]4CC1)[C@H]32. The molecule has 1 N–H and O–H groups in total. The quantitative estimate of drug-likeness (QED) is 0.840. The van der Waals surface area contributed by atoms with Crippen LogP contribution < -0.4 is 5.32 Å². The highest BCUT2D eigenvalue weighted by Gasteiger charge is 2.63. The first kappa shape index (κ1) is 13.4. The lowest BCUT2D eigenvalue weighted by Gasteiger charge is -2.61. The Bertz CT molecular complexity index is 597. The molecule has 1 aromatic carbocycles. The van der Waals surface area contributed by atoms with Crippen LogP contribution in [0, 0.1) is 10.8 Å². The Morgan fingerprint density at radius 3 is 3.00 bits per heavy atom. The maximum absolute atomic E-state index is 3.97. The number of nitrogens with one attached hydrogen (secondary N) is 1. The fourth-order valence-corrected chi connectivity index (χ4v) is 6.76. The maximum Gasteiger partial charge on any atom is 0.0375 e. The molecule has 118 valence electrons. The van der Waals surface area contributed by atoms with Crippen molar-refractivity contribution in [2.24, 2.45) is 10.8 Å². The zero-order valence-electron chi connectivity index (χ0n) is 13.8. The van der Waals surface area contributed by atoms with Gasteiger partial charge in [-0.25, -0.2) is 0 Å².